The molecule has 0 amide bonds. The number of thiocarbonyl (C=S) groups is 1. The maximum Gasteiger partial charge on any atom is 0.209 e. The standard InChI is InChI=1S/C19H34N8S2/c1-16-17(27-15-26-16)13-29-12-11-24-19(28)23-10-8-6-4-3-5-7-9-22-18(21-2)25-14-20/h15H,3-13H2,1-2H3,(H,26,27)(H2,21,22,25)(H2,23,24,28). The van der Waals surface area contributed by atoms with Crippen LogP contribution in [-0.4, -0.2) is 53.5 Å². The molecule has 29 heavy (non-hydrogen) atoms. The highest BCUT2D eigenvalue weighted by Gasteiger charge is 2.01. The van der Waals surface area contributed by atoms with Gasteiger partial charge in [0.15, 0.2) is 5.11 Å². The molecule has 0 aromatic carbocycles. The van der Waals surface area contributed by atoms with Crippen molar-refractivity contribution in [2.24, 2.45) is 4.99 Å². The SMILES string of the molecule is CNC(=NC#N)NCCCCCCCCNC(=S)NCCSCc1nc[nH]c1C. The van der Waals surface area contributed by atoms with E-state index in [1.807, 2.05) is 18.7 Å². The summed E-state index contributed by atoms with van der Waals surface area (Å²) in [4.78, 5) is 11.0. The summed E-state index contributed by atoms with van der Waals surface area (Å²) in [5, 5.41) is 21.7. The molecule has 1 heterocycles. The second-order valence-corrected chi connectivity index (χ2v) is 8.08. The topological polar surface area (TPSA) is 113 Å². The summed E-state index contributed by atoms with van der Waals surface area (Å²) in [5.41, 5.74) is 2.27. The average Bonchev–Trinajstić information content (AvgIpc) is 3.13. The molecule has 0 unspecified atom stereocenters. The van der Waals surface area contributed by atoms with Crippen molar-refractivity contribution < 1.29 is 0 Å². The largest absolute Gasteiger partial charge is 0.363 e. The van der Waals surface area contributed by atoms with Gasteiger partial charge in [-0.05, 0) is 32.0 Å². The number of nitrogens with zero attached hydrogens (tertiary/aromatic N) is 3. The molecule has 0 aliphatic rings. The number of aromatic amines is 1. The van der Waals surface area contributed by atoms with E-state index in [0.717, 1.165) is 60.5 Å². The number of rotatable bonds is 14. The zero-order chi connectivity index (χ0) is 21.2. The van der Waals surface area contributed by atoms with E-state index in [9.17, 15) is 0 Å². The average molecular weight is 439 g/mol. The molecule has 5 N–H and O–H groups in total. The van der Waals surface area contributed by atoms with Gasteiger partial charge in [0.2, 0.25) is 12.2 Å². The van der Waals surface area contributed by atoms with Gasteiger partial charge in [-0.1, -0.05) is 25.7 Å². The first-order valence-electron chi connectivity index (χ1n) is 10.1. The Morgan fingerprint density at radius 1 is 1.14 bits per heavy atom. The lowest BCUT2D eigenvalue weighted by Crippen LogP contribution is -2.36. The number of nitrogens with one attached hydrogen (secondary N) is 5. The zero-order valence-corrected chi connectivity index (χ0v) is 19.1. The van der Waals surface area contributed by atoms with Gasteiger partial charge in [0.05, 0.1) is 12.0 Å². The number of aliphatic imine (C=N–C) groups is 1. The molecule has 0 atom stereocenters. The second kappa shape index (κ2) is 16.9. The lowest BCUT2D eigenvalue weighted by atomic mass is 10.1. The van der Waals surface area contributed by atoms with E-state index in [-0.39, 0.29) is 0 Å². The highest BCUT2D eigenvalue weighted by Crippen LogP contribution is 2.11. The summed E-state index contributed by atoms with van der Waals surface area (Å²) < 4.78 is 0. The van der Waals surface area contributed by atoms with Crippen LogP contribution in [0.3, 0.4) is 0 Å². The van der Waals surface area contributed by atoms with Crippen molar-refractivity contribution in [3.8, 4) is 6.19 Å². The Morgan fingerprint density at radius 3 is 2.41 bits per heavy atom. The Kier molecular flexibility index (Phi) is 14.6. The third-order valence-electron chi connectivity index (χ3n) is 4.29. The van der Waals surface area contributed by atoms with Crippen LogP contribution in [0, 0.1) is 18.4 Å². The molecule has 8 nitrogen and oxygen atoms in total. The number of H-pyrrole nitrogens is 1. The third kappa shape index (κ3) is 13.0. The van der Waals surface area contributed by atoms with E-state index in [4.69, 9.17) is 17.5 Å². The van der Waals surface area contributed by atoms with Crippen LogP contribution in [0.25, 0.3) is 0 Å². The minimum absolute atomic E-state index is 0.537. The van der Waals surface area contributed by atoms with Crippen LogP contribution in [0.2, 0.25) is 0 Å². The smallest absolute Gasteiger partial charge is 0.209 e. The molecule has 10 heteroatoms. The van der Waals surface area contributed by atoms with Gasteiger partial charge in [-0.3, -0.25) is 0 Å². The normalized spacial score (nSPS) is 11.0. The molecule has 1 rings (SSSR count). The molecule has 0 aliphatic heterocycles. The van der Waals surface area contributed by atoms with Crippen molar-refractivity contribution in [3.05, 3.63) is 17.7 Å². The number of hydrogen-bond acceptors (Lipinski definition) is 5. The van der Waals surface area contributed by atoms with Crippen molar-refractivity contribution in [2.75, 3.05) is 32.4 Å². The van der Waals surface area contributed by atoms with Gasteiger partial charge < -0.3 is 26.3 Å². The fourth-order valence-electron chi connectivity index (χ4n) is 2.60. The van der Waals surface area contributed by atoms with E-state index in [2.05, 4.69) is 36.2 Å². The van der Waals surface area contributed by atoms with Crippen molar-refractivity contribution >= 4 is 35.1 Å². The first-order valence-corrected chi connectivity index (χ1v) is 11.7. The maximum absolute atomic E-state index is 8.51. The Balaban J connectivity index is 1.85. The van der Waals surface area contributed by atoms with Crippen LogP contribution in [-0.2, 0) is 5.75 Å². The molecule has 1 aromatic rings. The van der Waals surface area contributed by atoms with E-state index in [1.165, 1.54) is 25.7 Å². The Bertz CT molecular complexity index is 638. The Hall–Kier alpha value is -1.99. The zero-order valence-electron chi connectivity index (χ0n) is 17.5. The van der Waals surface area contributed by atoms with Crippen LogP contribution in [0.15, 0.2) is 11.3 Å². The number of aromatic nitrogens is 2. The molecule has 1 aromatic heterocycles. The second-order valence-electron chi connectivity index (χ2n) is 6.57. The fourth-order valence-corrected chi connectivity index (χ4v) is 3.68. The maximum atomic E-state index is 8.51. The molecule has 0 saturated heterocycles. The quantitative estimate of drug-likeness (QED) is 0.0989. The van der Waals surface area contributed by atoms with Gasteiger partial charge in [0.25, 0.3) is 0 Å². The van der Waals surface area contributed by atoms with E-state index in [0.29, 0.717) is 5.96 Å². The number of nitriles is 1. The number of thioether (sulfide) groups is 1. The molecule has 0 aliphatic carbocycles. The van der Waals surface area contributed by atoms with Crippen molar-refractivity contribution in [1.82, 2.24) is 31.2 Å². The number of guanidine groups is 1. The van der Waals surface area contributed by atoms with Gasteiger partial charge in [0.1, 0.15) is 0 Å². The highest BCUT2D eigenvalue weighted by molar-refractivity contribution is 7.98. The Labute approximate surface area is 184 Å². The summed E-state index contributed by atoms with van der Waals surface area (Å²) >= 11 is 7.17. The minimum Gasteiger partial charge on any atom is -0.363 e. The lowest BCUT2D eigenvalue weighted by molar-refractivity contribution is 0.584. The number of aryl methyl sites for hydroxylation is 1. The summed E-state index contributed by atoms with van der Waals surface area (Å²) in [7, 11) is 1.75. The van der Waals surface area contributed by atoms with Crippen LogP contribution >= 0.6 is 24.0 Å². The minimum atomic E-state index is 0.537. The van der Waals surface area contributed by atoms with Crippen LogP contribution in [0.4, 0.5) is 0 Å². The Morgan fingerprint density at radius 2 is 1.79 bits per heavy atom. The highest BCUT2D eigenvalue weighted by atomic mass is 32.2. The summed E-state index contributed by atoms with van der Waals surface area (Å²) in [6.07, 6.45) is 10.6. The first-order chi connectivity index (χ1) is 14.2. The monoisotopic (exact) mass is 438 g/mol. The van der Waals surface area contributed by atoms with Crippen molar-refractivity contribution in [2.45, 2.75) is 51.2 Å². The van der Waals surface area contributed by atoms with E-state index >= 15 is 0 Å². The van der Waals surface area contributed by atoms with E-state index < -0.39 is 0 Å². The predicted octanol–water partition coefficient (Wildman–Crippen LogP) is 2.40. The first kappa shape index (κ1) is 25.0. The molecular weight excluding hydrogens is 404 g/mol. The van der Waals surface area contributed by atoms with Gasteiger partial charge in [0, 0.05) is 43.9 Å². The summed E-state index contributed by atoms with van der Waals surface area (Å²) in [5.74, 6) is 2.47. The molecule has 0 fully saturated rings. The summed E-state index contributed by atoms with van der Waals surface area (Å²) in [6, 6.07) is 0. The van der Waals surface area contributed by atoms with Crippen molar-refractivity contribution in [3.63, 3.8) is 0 Å². The van der Waals surface area contributed by atoms with Gasteiger partial charge in [-0.2, -0.15) is 17.0 Å². The number of unbranched alkanes of at least 4 members (excludes halogenated alkanes) is 5. The van der Waals surface area contributed by atoms with Crippen LogP contribution < -0.4 is 21.3 Å². The van der Waals surface area contributed by atoms with Crippen LogP contribution in [0.5, 0.6) is 0 Å². The number of imidazole rings is 1. The van der Waals surface area contributed by atoms with E-state index in [1.54, 1.807) is 19.6 Å². The van der Waals surface area contributed by atoms with Gasteiger partial charge in [-0.15, -0.1) is 4.99 Å². The fraction of sp³-hybridized carbons (Fsp3) is 0.684. The van der Waals surface area contributed by atoms with Gasteiger partial charge in [-0.25, -0.2) is 4.98 Å². The summed E-state index contributed by atoms with van der Waals surface area (Å²) in [6.45, 7) is 4.67. The molecule has 0 spiro atoms. The van der Waals surface area contributed by atoms with Crippen molar-refractivity contribution in [1.29, 1.82) is 5.26 Å². The van der Waals surface area contributed by atoms with Crippen LogP contribution in [0.1, 0.15) is 49.9 Å². The molecule has 0 bridgehead atoms. The molecular formula is C19H34N8S2. The van der Waals surface area contributed by atoms with Gasteiger partial charge >= 0.3 is 0 Å². The molecule has 0 radical (unpaired) electrons. The number of hydrogen-bond donors (Lipinski definition) is 5. The molecule has 0 saturated carbocycles. The third-order valence-corrected chi connectivity index (χ3v) is 5.54. The molecule has 162 valence electrons. The lowest BCUT2D eigenvalue weighted by Gasteiger charge is -2.10. The predicted molar refractivity (Wildman–Crippen MR) is 126 cm³/mol.